The SMILES string of the molecule is CCc1ccc2c(c1)C(c1cnc(CC)nc1)=C(C#N)C(=O)C2. The van der Waals surface area contributed by atoms with Crippen LogP contribution in [0.25, 0.3) is 5.57 Å². The lowest BCUT2D eigenvalue weighted by Crippen LogP contribution is -2.16. The van der Waals surface area contributed by atoms with Crippen LogP contribution in [0.15, 0.2) is 36.2 Å². The van der Waals surface area contributed by atoms with Gasteiger partial charge >= 0.3 is 0 Å². The molecule has 1 aliphatic rings. The summed E-state index contributed by atoms with van der Waals surface area (Å²) in [7, 11) is 0. The van der Waals surface area contributed by atoms with Gasteiger partial charge in [0.15, 0.2) is 5.78 Å². The quantitative estimate of drug-likeness (QED) is 0.874. The van der Waals surface area contributed by atoms with Crippen LogP contribution < -0.4 is 0 Å². The molecule has 0 bridgehead atoms. The van der Waals surface area contributed by atoms with E-state index in [1.807, 2.05) is 19.1 Å². The van der Waals surface area contributed by atoms with Gasteiger partial charge in [0.25, 0.3) is 0 Å². The van der Waals surface area contributed by atoms with Crippen molar-refractivity contribution in [1.82, 2.24) is 9.97 Å². The first-order valence-electron chi connectivity index (χ1n) is 7.79. The van der Waals surface area contributed by atoms with Crippen molar-refractivity contribution < 1.29 is 4.79 Å². The molecule has 1 aliphatic carbocycles. The number of Topliss-reactive ketones (excluding diaryl/α,β-unsaturated/α-hetero) is 1. The van der Waals surface area contributed by atoms with E-state index in [1.54, 1.807) is 12.4 Å². The number of rotatable bonds is 3. The third-order valence-electron chi connectivity index (χ3n) is 4.15. The van der Waals surface area contributed by atoms with Crippen LogP contribution in [-0.2, 0) is 24.1 Å². The molecular formula is C19H17N3O. The van der Waals surface area contributed by atoms with E-state index < -0.39 is 0 Å². The molecule has 0 saturated carbocycles. The van der Waals surface area contributed by atoms with Crippen LogP contribution in [0, 0.1) is 11.3 Å². The lowest BCUT2D eigenvalue weighted by atomic mass is 9.81. The molecule has 0 saturated heterocycles. The summed E-state index contributed by atoms with van der Waals surface area (Å²) in [5.41, 5.74) is 4.68. The smallest absolute Gasteiger partial charge is 0.178 e. The highest BCUT2D eigenvalue weighted by Gasteiger charge is 2.27. The molecule has 0 aliphatic heterocycles. The second-order valence-electron chi connectivity index (χ2n) is 5.55. The van der Waals surface area contributed by atoms with Gasteiger partial charge in [0, 0.05) is 36.4 Å². The molecular weight excluding hydrogens is 286 g/mol. The Balaban J connectivity index is 2.24. The topological polar surface area (TPSA) is 66.6 Å². The number of hydrogen-bond donors (Lipinski definition) is 0. The predicted octanol–water partition coefficient (Wildman–Crippen LogP) is 3.05. The maximum absolute atomic E-state index is 12.3. The van der Waals surface area contributed by atoms with Gasteiger partial charge in [-0.15, -0.1) is 0 Å². The van der Waals surface area contributed by atoms with Crippen LogP contribution in [-0.4, -0.2) is 15.8 Å². The first-order valence-corrected chi connectivity index (χ1v) is 7.79. The number of aromatic nitrogens is 2. The number of carbonyl (C=O) groups excluding carboxylic acids is 1. The van der Waals surface area contributed by atoms with E-state index in [4.69, 9.17) is 0 Å². The number of benzene rings is 1. The van der Waals surface area contributed by atoms with Crippen molar-refractivity contribution in [2.24, 2.45) is 0 Å². The van der Waals surface area contributed by atoms with E-state index in [0.717, 1.165) is 35.4 Å². The van der Waals surface area contributed by atoms with E-state index in [-0.39, 0.29) is 17.8 Å². The molecule has 0 unspecified atom stereocenters. The summed E-state index contributed by atoms with van der Waals surface area (Å²) >= 11 is 0. The maximum Gasteiger partial charge on any atom is 0.178 e. The van der Waals surface area contributed by atoms with E-state index >= 15 is 0 Å². The normalized spacial score (nSPS) is 13.7. The van der Waals surface area contributed by atoms with Crippen LogP contribution in [0.2, 0.25) is 0 Å². The molecule has 4 heteroatoms. The highest BCUT2D eigenvalue weighted by molar-refractivity contribution is 6.13. The number of fused-ring (bicyclic) bond motifs is 1. The molecule has 1 heterocycles. The second kappa shape index (κ2) is 6.13. The summed E-state index contributed by atoms with van der Waals surface area (Å²) < 4.78 is 0. The second-order valence-corrected chi connectivity index (χ2v) is 5.55. The van der Waals surface area contributed by atoms with Gasteiger partial charge in [-0.1, -0.05) is 32.0 Å². The van der Waals surface area contributed by atoms with Crippen molar-refractivity contribution >= 4 is 11.4 Å². The summed E-state index contributed by atoms with van der Waals surface area (Å²) in [4.78, 5) is 21.0. The number of nitrogens with zero attached hydrogens (tertiary/aromatic N) is 3. The van der Waals surface area contributed by atoms with Crippen LogP contribution in [0.3, 0.4) is 0 Å². The van der Waals surface area contributed by atoms with E-state index in [9.17, 15) is 10.1 Å². The summed E-state index contributed by atoms with van der Waals surface area (Å²) in [6.45, 7) is 4.07. The van der Waals surface area contributed by atoms with Gasteiger partial charge in [-0.2, -0.15) is 5.26 Å². The molecule has 0 amide bonds. The molecule has 23 heavy (non-hydrogen) atoms. The molecule has 3 rings (SSSR count). The van der Waals surface area contributed by atoms with Gasteiger partial charge in [-0.25, -0.2) is 9.97 Å². The molecule has 4 nitrogen and oxygen atoms in total. The van der Waals surface area contributed by atoms with Crippen molar-refractivity contribution in [2.45, 2.75) is 33.1 Å². The first-order chi connectivity index (χ1) is 11.2. The van der Waals surface area contributed by atoms with Gasteiger partial charge < -0.3 is 0 Å². The Morgan fingerprint density at radius 3 is 2.52 bits per heavy atom. The van der Waals surface area contributed by atoms with Crippen LogP contribution in [0.4, 0.5) is 0 Å². The molecule has 0 spiro atoms. The van der Waals surface area contributed by atoms with Crippen molar-refractivity contribution in [2.75, 3.05) is 0 Å². The molecule has 0 fully saturated rings. The zero-order chi connectivity index (χ0) is 16.4. The monoisotopic (exact) mass is 303 g/mol. The van der Waals surface area contributed by atoms with Crippen molar-refractivity contribution in [3.63, 3.8) is 0 Å². The Morgan fingerprint density at radius 1 is 1.17 bits per heavy atom. The average molecular weight is 303 g/mol. The standard InChI is InChI=1S/C19H17N3O/c1-3-12-5-6-13-8-17(23)16(9-20)19(15(13)7-12)14-10-21-18(4-2)22-11-14/h5-7,10-11H,3-4,8H2,1-2H3. The highest BCUT2D eigenvalue weighted by Crippen LogP contribution is 2.34. The first kappa shape index (κ1) is 15.1. The van der Waals surface area contributed by atoms with Crippen LogP contribution >= 0.6 is 0 Å². The number of carbonyl (C=O) groups is 1. The van der Waals surface area contributed by atoms with Crippen LogP contribution in [0.5, 0.6) is 0 Å². The predicted molar refractivity (Wildman–Crippen MR) is 87.6 cm³/mol. The molecule has 114 valence electrons. The fourth-order valence-electron chi connectivity index (χ4n) is 2.85. The fraction of sp³-hybridized carbons (Fsp3) is 0.263. The van der Waals surface area contributed by atoms with Gasteiger partial charge in [0.2, 0.25) is 0 Å². The number of nitriles is 1. The van der Waals surface area contributed by atoms with Crippen molar-refractivity contribution in [3.8, 4) is 6.07 Å². The van der Waals surface area contributed by atoms with E-state index in [1.165, 1.54) is 5.56 Å². The maximum atomic E-state index is 12.3. The number of hydrogen-bond acceptors (Lipinski definition) is 4. The average Bonchev–Trinajstić information content (AvgIpc) is 2.60. The lowest BCUT2D eigenvalue weighted by molar-refractivity contribution is -0.114. The summed E-state index contributed by atoms with van der Waals surface area (Å²) in [6, 6.07) is 8.18. The Morgan fingerprint density at radius 2 is 1.91 bits per heavy atom. The molecule has 0 radical (unpaired) electrons. The third kappa shape index (κ3) is 2.66. The minimum atomic E-state index is -0.140. The highest BCUT2D eigenvalue weighted by atomic mass is 16.1. The Hall–Kier alpha value is -2.80. The third-order valence-corrected chi connectivity index (χ3v) is 4.15. The van der Waals surface area contributed by atoms with Gasteiger partial charge in [-0.3, -0.25) is 4.79 Å². The number of allylic oxidation sites excluding steroid dienone is 1. The largest absolute Gasteiger partial charge is 0.293 e. The molecule has 1 aromatic carbocycles. The minimum absolute atomic E-state index is 0.140. The zero-order valence-electron chi connectivity index (χ0n) is 13.3. The van der Waals surface area contributed by atoms with Gasteiger partial charge in [-0.05, 0) is 23.1 Å². The Labute approximate surface area is 135 Å². The molecule has 2 aromatic rings. The Bertz CT molecular complexity index is 842. The minimum Gasteiger partial charge on any atom is -0.293 e. The van der Waals surface area contributed by atoms with Gasteiger partial charge in [0.05, 0.1) is 0 Å². The van der Waals surface area contributed by atoms with Crippen molar-refractivity contribution in [1.29, 1.82) is 5.26 Å². The summed E-state index contributed by atoms with van der Waals surface area (Å²) in [5.74, 6) is 0.608. The van der Waals surface area contributed by atoms with Crippen molar-refractivity contribution in [3.05, 3.63) is 64.2 Å². The van der Waals surface area contributed by atoms with Gasteiger partial charge in [0.1, 0.15) is 17.5 Å². The number of aryl methyl sites for hydroxylation is 2. The lowest BCUT2D eigenvalue weighted by Gasteiger charge is -2.20. The molecule has 1 aromatic heterocycles. The zero-order valence-corrected chi connectivity index (χ0v) is 13.3. The molecule has 0 N–H and O–H groups in total. The molecule has 0 atom stereocenters. The summed E-state index contributed by atoms with van der Waals surface area (Å²) in [6.07, 6.45) is 5.35. The Kier molecular flexibility index (Phi) is 4.03. The summed E-state index contributed by atoms with van der Waals surface area (Å²) in [5, 5.41) is 9.48. The van der Waals surface area contributed by atoms with Crippen LogP contribution in [0.1, 0.15) is 41.9 Å². The van der Waals surface area contributed by atoms with E-state index in [0.29, 0.717) is 5.57 Å². The van der Waals surface area contributed by atoms with E-state index in [2.05, 4.69) is 29.0 Å². The number of ketones is 1. The fourth-order valence-corrected chi connectivity index (χ4v) is 2.85.